The van der Waals surface area contributed by atoms with E-state index >= 15 is 0 Å². The van der Waals surface area contributed by atoms with Gasteiger partial charge in [0.1, 0.15) is 11.9 Å². The first kappa shape index (κ1) is 16.4. The van der Waals surface area contributed by atoms with Gasteiger partial charge < -0.3 is 10.2 Å². The fraction of sp³-hybridized carbons (Fsp3) is 0.533. The van der Waals surface area contributed by atoms with Crippen molar-refractivity contribution >= 4 is 21.8 Å². The molecule has 0 aromatic heterocycles. The second kappa shape index (κ2) is 6.85. The summed E-state index contributed by atoms with van der Waals surface area (Å²) in [6, 6.07) is 4.90. The zero-order valence-corrected chi connectivity index (χ0v) is 14.2. The first-order valence-corrected chi connectivity index (χ1v) is 7.83. The number of benzene rings is 1. The molecule has 116 valence electrons. The molecule has 1 aromatic rings. The molecule has 0 bridgehead atoms. The number of likely N-dealkylation sites (N-methyl/N-ethyl adjacent to an activating group) is 1. The van der Waals surface area contributed by atoms with Crippen LogP contribution in [0.3, 0.4) is 0 Å². The smallest absolute Gasteiger partial charge is 0.240 e. The number of carbonyl (C=O) groups is 1. The van der Waals surface area contributed by atoms with Gasteiger partial charge in [-0.05, 0) is 40.5 Å². The molecule has 1 aliphatic heterocycles. The van der Waals surface area contributed by atoms with Crippen molar-refractivity contribution in [3.05, 3.63) is 34.1 Å². The van der Waals surface area contributed by atoms with Crippen LogP contribution >= 0.6 is 15.9 Å². The van der Waals surface area contributed by atoms with Crippen LogP contribution in [0.2, 0.25) is 0 Å². The summed E-state index contributed by atoms with van der Waals surface area (Å²) in [5.74, 6) is -0.178. The molecule has 1 aromatic carbocycles. The molecular weight excluding hydrogens is 337 g/mol. The number of amides is 1. The second-order valence-corrected chi connectivity index (χ2v) is 6.39. The van der Waals surface area contributed by atoms with Crippen molar-refractivity contribution in [2.75, 3.05) is 33.7 Å². The molecule has 0 radical (unpaired) electrons. The molecule has 1 amide bonds. The molecule has 0 saturated carbocycles. The first-order chi connectivity index (χ1) is 9.91. The Bertz CT molecular complexity index is 524. The molecule has 1 saturated heterocycles. The van der Waals surface area contributed by atoms with Gasteiger partial charge >= 0.3 is 0 Å². The maximum atomic E-state index is 13.4. The van der Waals surface area contributed by atoms with Gasteiger partial charge in [0, 0.05) is 39.8 Å². The van der Waals surface area contributed by atoms with E-state index in [0.29, 0.717) is 11.0 Å². The van der Waals surface area contributed by atoms with Gasteiger partial charge in [0.15, 0.2) is 0 Å². The van der Waals surface area contributed by atoms with Crippen LogP contribution in [0.5, 0.6) is 0 Å². The van der Waals surface area contributed by atoms with Crippen LogP contribution < -0.4 is 5.32 Å². The molecular formula is C15H21BrFN3O. The average Bonchev–Trinajstić information content (AvgIpc) is 2.48. The van der Waals surface area contributed by atoms with Crippen molar-refractivity contribution in [1.29, 1.82) is 0 Å². The summed E-state index contributed by atoms with van der Waals surface area (Å²) >= 11 is 3.22. The van der Waals surface area contributed by atoms with Crippen molar-refractivity contribution < 1.29 is 9.18 Å². The van der Waals surface area contributed by atoms with Gasteiger partial charge in [-0.2, -0.15) is 0 Å². The second-order valence-electron chi connectivity index (χ2n) is 5.54. The number of hydrogen-bond donors (Lipinski definition) is 1. The van der Waals surface area contributed by atoms with E-state index < -0.39 is 0 Å². The Hall–Kier alpha value is -0.980. The third-order valence-corrected chi connectivity index (χ3v) is 4.54. The average molecular weight is 358 g/mol. The van der Waals surface area contributed by atoms with Crippen molar-refractivity contribution in [2.45, 2.75) is 19.0 Å². The van der Waals surface area contributed by atoms with E-state index in [0.717, 1.165) is 18.7 Å². The van der Waals surface area contributed by atoms with E-state index in [1.807, 2.05) is 0 Å². The lowest BCUT2D eigenvalue weighted by molar-refractivity contribution is -0.136. The Labute approximate surface area is 133 Å². The van der Waals surface area contributed by atoms with Crippen LogP contribution in [0.15, 0.2) is 22.7 Å². The maximum Gasteiger partial charge on any atom is 0.240 e. The fourth-order valence-corrected chi connectivity index (χ4v) is 3.07. The van der Waals surface area contributed by atoms with E-state index in [1.54, 1.807) is 31.1 Å². The highest BCUT2D eigenvalue weighted by atomic mass is 79.9. The van der Waals surface area contributed by atoms with Gasteiger partial charge in [-0.15, -0.1) is 0 Å². The minimum absolute atomic E-state index is 0.0536. The highest BCUT2D eigenvalue weighted by Crippen LogP contribution is 2.27. The number of piperazine rings is 1. The molecule has 4 nitrogen and oxygen atoms in total. The van der Waals surface area contributed by atoms with Crippen LogP contribution in [0.4, 0.5) is 4.39 Å². The number of carbonyl (C=O) groups excluding carboxylic acids is 1. The lowest BCUT2D eigenvalue weighted by atomic mass is 10.0. The molecule has 1 N–H and O–H groups in total. The monoisotopic (exact) mass is 357 g/mol. The highest BCUT2D eigenvalue weighted by Gasteiger charge is 2.33. The molecule has 0 aliphatic carbocycles. The zero-order chi connectivity index (χ0) is 15.6. The normalized spacial score (nSPS) is 21.1. The molecule has 1 heterocycles. The predicted molar refractivity (Wildman–Crippen MR) is 84.6 cm³/mol. The summed E-state index contributed by atoms with van der Waals surface area (Å²) in [4.78, 5) is 16.1. The Morgan fingerprint density at radius 1 is 1.52 bits per heavy atom. The third-order valence-electron chi connectivity index (χ3n) is 3.93. The standard InChI is InChI=1S/C15H21BrFN3O/c1-10(11-4-5-13(17)12(16)8-11)20-7-6-18-9-14(20)15(21)19(2)3/h4-5,8,10,14,18H,6-7,9H2,1-3H3. The van der Waals surface area contributed by atoms with Gasteiger partial charge in [0.2, 0.25) is 5.91 Å². The zero-order valence-electron chi connectivity index (χ0n) is 12.6. The van der Waals surface area contributed by atoms with Crippen molar-refractivity contribution in [3.8, 4) is 0 Å². The summed E-state index contributed by atoms with van der Waals surface area (Å²) in [6.07, 6.45) is 0. The van der Waals surface area contributed by atoms with E-state index in [2.05, 4.69) is 33.1 Å². The number of halogens is 2. The van der Waals surface area contributed by atoms with E-state index in [4.69, 9.17) is 0 Å². The summed E-state index contributed by atoms with van der Waals surface area (Å²) in [5, 5.41) is 3.27. The summed E-state index contributed by atoms with van der Waals surface area (Å²) in [7, 11) is 3.54. The maximum absolute atomic E-state index is 13.4. The minimum atomic E-state index is -0.271. The molecule has 0 spiro atoms. The van der Waals surface area contributed by atoms with Crippen LogP contribution in [0.1, 0.15) is 18.5 Å². The summed E-state index contributed by atoms with van der Waals surface area (Å²) < 4.78 is 13.8. The van der Waals surface area contributed by atoms with Gasteiger partial charge in [-0.3, -0.25) is 9.69 Å². The first-order valence-electron chi connectivity index (χ1n) is 7.04. The van der Waals surface area contributed by atoms with Crippen LogP contribution in [0.25, 0.3) is 0 Å². The van der Waals surface area contributed by atoms with Crippen molar-refractivity contribution in [3.63, 3.8) is 0 Å². The van der Waals surface area contributed by atoms with E-state index in [1.165, 1.54) is 6.07 Å². The van der Waals surface area contributed by atoms with Crippen LogP contribution in [-0.2, 0) is 4.79 Å². The number of nitrogens with zero attached hydrogens (tertiary/aromatic N) is 2. The van der Waals surface area contributed by atoms with Crippen LogP contribution in [0, 0.1) is 5.82 Å². The predicted octanol–water partition coefficient (Wildman–Crippen LogP) is 2.01. The third kappa shape index (κ3) is 3.62. The highest BCUT2D eigenvalue weighted by molar-refractivity contribution is 9.10. The van der Waals surface area contributed by atoms with Gasteiger partial charge in [-0.25, -0.2) is 4.39 Å². The quantitative estimate of drug-likeness (QED) is 0.898. The molecule has 1 fully saturated rings. The number of nitrogens with one attached hydrogen (secondary N) is 1. The van der Waals surface area contributed by atoms with Crippen molar-refractivity contribution in [1.82, 2.24) is 15.1 Å². The van der Waals surface area contributed by atoms with E-state index in [-0.39, 0.29) is 23.8 Å². The largest absolute Gasteiger partial charge is 0.347 e. The molecule has 6 heteroatoms. The molecule has 2 atom stereocenters. The SMILES string of the molecule is CC(c1ccc(F)c(Br)c1)N1CCNCC1C(=O)N(C)C. The minimum Gasteiger partial charge on any atom is -0.347 e. The fourth-order valence-electron chi connectivity index (χ4n) is 2.67. The molecule has 2 unspecified atom stereocenters. The summed E-state index contributed by atoms with van der Waals surface area (Å²) in [6.45, 7) is 4.34. The number of hydrogen-bond acceptors (Lipinski definition) is 3. The Kier molecular flexibility index (Phi) is 5.35. The van der Waals surface area contributed by atoms with Gasteiger partial charge in [-0.1, -0.05) is 6.07 Å². The number of rotatable bonds is 3. The molecule has 1 aliphatic rings. The molecule has 21 heavy (non-hydrogen) atoms. The Balaban J connectivity index is 2.23. The molecule has 2 rings (SSSR count). The van der Waals surface area contributed by atoms with Gasteiger partial charge in [0.25, 0.3) is 0 Å². The Morgan fingerprint density at radius 2 is 2.24 bits per heavy atom. The van der Waals surface area contributed by atoms with Crippen LogP contribution in [-0.4, -0.2) is 55.5 Å². The van der Waals surface area contributed by atoms with Crippen molar-refractivity contribution in [2.24, 2.45) is 0 Å². The van der Waals surface area contributed by atoms with Gasteiger partial charge in [0.05, 0.1) is 4.47 Å². The van der Waals surface area contributed by atoms with E-state index in [9.17, 15) is 9.18 Å². The Morgan fingerprint density at radius 3 is 2.86 bits per heavy atom. The lowest BCUT2D eigenvalue weighted by Crippen LogP contribution is -2.58. The topological polar surface area (TPSA) is 35.6 Å². The summed E-state index contributed by atoms with van der Waals surface area (Å²) in [5.41, 5.74) is 1.00. The lowest BCUT2D eigenvalue weighted by Gasteiger charge is -2.40.